The lowest BCUT2D eigenvalue weighted by Gasteiger charge is -2.17. The molecule has 0 spiro atoms. The van der Waals surface area contributed by atoms with Crippen molar-refractivity contribution in [1.29, 1.82) is 0 Å². The summed E-state index contributed by atoms with van der Waals surface area (Å²) in [6.07, 6.45) is -0.997. The number of amides is 1. The Morgan fingerprint density at radius 1 is 1.11 bits per heavy atom. The number of nitrogens with zero attached hydrogens (tertiary/aromatic N) is 1. The molecule has 0 fully saturated rings. The zero-order valence-electron chi connectivity index (χ0n) is 16.4. The van der Waals surface area contributed by atoms with Crippen LogP contribution in [0.4, 0.5) is 11.4 Å². The van der Waals surface area contributed by atoms with E-state index in [9.17, 15) is 19.7 Å². The molecule has 2 rings (SSSR count). The molecule has 1 amide bonds. The van der Waals surface area contributed by atoms with E-state index in [4.69, 9.17) is 4.74 Å². The molecule has 0 aliphatic rings. The molecule has 0 saturated carbocycles. The Hall–Kier alpha value is -3.42. The third-order valence-electron chi connectivity index (χ3n) is 4.17. The molecule has 0 aliphatic carbocycles. The number of anilines is 1. The van der Waals surface area contributed by atoms with E-state index in [1.807, 2.05) is 32.9 Å². The van der Waals surface area contributed by atoms with Crippen molar-refractivity contribution in [3.63, 3.8) is 0 Å². The normalized spacial score (nSPS) is 11.5. The molecule has 0 aliphatic heterocycles. The van der Waals surface area contributed by atoms with E-state index in [-0.39, 0.29) is 11.3 Å². The van der Waals surface area contributed by atoms with Crippen LogP contribution in [0.2, 0.25) is 0 Å². The van der Waals surface area contributed by atoms with Gasteiger partial charge in [0.2, 0.25) is 0 Å². The van der Waals surface area contributed by atoms with Gasteiger partial charge in [-0.2, -0.15) is 0 Å². The van der Waals surface area contributed by atoms with Gasteiger partial charge in [-0.15, -0.1) is 0 Å². The molecule has 0 aromatic heterocycles. The maximum Gasteiger partial charge on any atom is 0.338 e. The summed E-state index contributed by atoms with van der Waals surface area (Å²) in [7, 11) is 1.18. The van der Waals surface area contributed by atoms with Gasteiger partial charge < -0.3 is 14.8 Å². The molecule has 0 unspecified atom stereocenters. The molecule has 8 heteroatoms. The Morgan fingerprint density at radius 3 is 2.25 bits per heavy atom. The van der Waals surface area contributed by atoms with Crippen LogP contribution < -0.4 is 10.1 Å². The number of esters is 1. The van der Waals surface area contributed by atoms with Crippen molar-refractivity contribution >= 4 is 23.3 Å². The standard InChI is InChI=1S/C20H22N2O6/c1-11-8-12(2)18(13(3)9-11)21-19(23)14(4)28-17-7-6-15(20(24)27-5)10-16(17)22(25)26/h6-10,14H,1-5H3,(H,21,23)/t14-/m1/s1. The Bertz CT molecular complexity index is 915. The lowest BCUT2D eigenvalue weighted by Crippen LogP contribution is -2.31. The number of nitro groups is 1. The molecule has 0 bridgehead atoms. The first-order valence-electron chi connectivity index (χ1n) is 8.56. The zero-order chi connectivity index (χ0) is 21.0. The average Bonchev–Trinajstić information content (AvgIpc) is 2.63. The van der Waals surface area contributed by atoms with E-state index in [1.54, 1.807) is 0 Å². The Morgan fingerprint density at radius 2 is 1.71 bits per heavy atom. The zero-order valence-corrected chi connectivity index (χ0v) is 16.4. The number of hydrogen-bond acceptors (Lipinski definition) is 6. The number of nitrogens with one attached hydrogen (secondary N) is 1. The third kappa shape index (κ3) is 4.64. The van der Waals surface area contributed by atoms with Gasteiger partial charge in [0.1, 0.15) is 0 Å². The fourth-order valence-corrected chi connectivity index (χ4v) is 2.85. The molecule has 0 saturated heterocycles. The van der Waals surface area contributed by atoms with Gasteiger partial charge in [-0.1, -0.05) is 17.7 Å². The van der Waals surface area contributed by atoms with Crippen molar-refractivity contribution in [3.05, 3.63) is 62.7 Å². The predicted octanol–water partition coefficient (Wildman–Crippen LogP) is 3.71. The van der Waals surface area contributed by atoms with Gasteiger partial charge in [0.15, 0.2) is 11.9 Å². The minimum absolute atomic E-state index is 0.0181. The summed E-state index contributed by atoms with van der Waals surface area (Å²) < 4.78 is 10.1. The monoisotopic (exact) mass is 386 g/mol. The van der Waals surface area contributed by atoms with Crippen LogP contribution in [0.5, 0.6) is 5.75 Å². The van der Waals surface area contributed by atoms with Crippen molar-refractivity contribution in [3.8, 4) is 5.75 Å². The second-order valence-corrected chi connectivity index (χ2v) is 6.45. The third-order valence-corrected chi connectivity index (χ3v) is 4.17. The number of methoxy groups -OCH3 is 1. The summed E-state index contributed by atoms with van der Waals surface area (Å²) in [5.74, 6) is -1.26. The van der Waals surface area contributed by atoms with Crippen molar-refractivity contribution in [2.75, 3.05) is 12.4 Å². The lowest BCUT2D eigenvalue weighted by atomic mass is 10.0. The molecule has 2 aromatic carbocycles. The van der Waals surface area contributed by atoms with E-state index in [1.165, 1.54) is 26.2 Å². The second-order valence-electron chi connectivity index (χ2n) is 6.45. The Balaban J connectivity index is 2.22. The Labute approximate surface area is 162 Å². The molecule has 0 heterocycles. The van der Waals surface area contributed by atoms with E-state index < -0.39 is 28.6 Å². The van der Waals surface area contributed by atoms with Gasteiger partial charge in [-0.05, 0) is 51.0 Å². The molecular weight excluding hydrogens is 364 g/mol. The van der Waals surface area contributed by atoms with Crippen LogP contribution in [0, 0.1) is 30.9 Å². The van der Waals surface area contributed by atoms with Gasteiger partial charge in [0.05, 0.1) is 17.6 Å². The average molecular weight is 386 g/mol. The first kappa shape index (κ1) is 20.9. The molecule has 0 radical (unpaired) electrons. The minimum atomic E-state index is -0.997. The van der Waals surface area contributed by atoms with Crippen LogP contribution in [0.3, 0.4) is 0 Å². The van der Waals surface area contributed by atoms with Crippen LogP contribution in [-0.2, 0) is 9.53 Å². The SMILES string of the molecule is COC(=O)c1ccc(O[C@H](C)C(=O)Nc2c(C)cc(C)cc2C)c([N+](=O)[O-])c1. The van der Waals surface area contributed by atoms with Crippen molar-refractivity contribution < 1.29 is 24.0 Å². The number of carbonyl (C=O) groups is 2. The van der Waals surface area contributed by atoms with Crippen LogP contribution >= 0.6 is 0 Å². The summed E-state index contributed by atoms with van der Waals surface area (Å²) in [5.41, 5.74) is 3.17. The summed E-state index contributed by atoms with van der Waals surface area (Å²) in [5, 5.41) is 14.1. The number of aryl methyl sites for hydroxylation is 3. The number of hydrogen-bond donors (Lipinski definition) is 1. The highest BCUT2D eigenvalue weighted by atomic mass is 16.6. The number of rotatable bonds is 6. The maximum atomic E-state index is 12.5. The molecule has 1 atom stereocenters. The van der Waals surface area contributed by atoms with Gasteiger partial charge in [0, 0.05) is 11.8 Å². The maximum absolute atomic E-state index is 12.5. The van der Waals surface area contributed by atoms with E-state index in [2.05, 4.69) is 10.1 Å². The van der Waals surface area contributed by atoms with E-state index in [0.717, 1.165) is 22.8 Å². The lowest BCUT2D eigenvalue weighted by molar-refractivity contribution is -0.386. The topological polar surface area (TPSA) is 108 Å². The summed E-state index contributed by atoms with van der Waals surface area (Å²) >= 11 is 0. The van der Waals surface area contributed by atoms with Gasteiger partial charge in [0.25, 0.3) is 5.91 Å². The molecule has 2 aromatic rings. The van der Waals surface area contributed by atoms with Gasteiger partial charge >= 0.3 is 11.7 Å². The fourth-order valence-electron chi connectivity index (χ4n) is 2.85. The van der Waals surface area contributed by atoms with E-state index in [0.29, 0.717) is 5.69 Å². The summed E-state index contributed by atoms with van der Waals surface area (Å²) in [6.45, 7) is 7.23. The van der Waals surface area contributed by atoms with Crippen LogP contribution in [0.25, 0.3) is 0 Å². The largest absolute Gasteiger partial charge is 0.474 e. The van der Waals surface area contributed by atoms with Gasteiger partial charge in [-0.3, -0.25) is 14.9 Å². The van der Waals surface area contributed by atoms with Crippen molar-refractivity contribution in [1.82, 2.24) is 0 Å². The predicted molar refractivity (Wildman–Crippen MR) is 104 cm³/mol. The van der Waals surface area contributed by atoms with Crippen LogP contribution in [-0.4, -0.2) is 30.0 Å². The number of ether oxygens (including phenoxy) is 2. The van der Waals surface area contributed by atoms with E-state index >= 15 is 0 Å². The highest BCUT2D eigenvalue weighted by Gasteiger charge is 2.24. The molecule has 148 valence electrons. The van der Waals surface area contributed by atoms with Crippen LogP contribution in [0.1, 0.15) is 34.0 Å². The number of benzene rings is 2. The quantitative estimate of drug-likeness (QED) is 0.461. The number of nitro benzene ring substituents is 1. The van der Waals surface area contributed by atoms with Gasteiger partial charge in [-0.25, -0.2) is 4.79 Å². The first-order chi connectivity index (χ1) is 13.1. The molecule has 1 N–H and O–H groups in total. The second kappa shape index (κ2) is 8.51. The number of carbonyl (C=O) groups excluding carboxylic acids is 2. The van der Waals surface area contributed by atoms with Crippen LogP contribution in [0.15, 0.2) is 30.3 Å². The molecule has 28 heavy (non-hydrogen) atoms. The first-order valence-corrected chi connectivity index (χ1v) is 8.56. The summed E-state index contributed by atoms with van der Waals surface area (Å²) in [6, 6.07) is 7.57. The Kier molecular flexibility index (Phi) is 6.35. The fraction of sp³-hybridized carbons (Fsp3) is 0.300. The smallest absolute Gasteiger partial charge is 0.338 e. The minimum Gasteiger partial charge on any atom is -0.474 e. The molecular formula is C20H22N2O6. The summed E-state index contributed by atoms with van der Waals surface area (Å²) in [4.78, 5) is 34.7. The highest BCUT2D eigenvalue weighted by molar-refractivity contribution is 5.95. The molecule has 8 nitrogen and oxygen atoms in total. The van der Waals surface area contributed by atoms with Crippen molar-refractivity contribution in [2.45, 2.75) is 33.8 Å². The highest BCUT2D eigenvalue weighted by Crippen LogP contribution is 2.29. The van der Waals surface area contributed by atoms with Crippen molar-refractivity contribution in [2.24, 2.45) is 0 Å².